The van der Waals surface area contributed by atoms with Crippen molar-refractivity contribution in [2.45, 2.75) is 13.0 Å². The van der Waals surface area contributed by atoms with E-state index < -0.39 is 6.10 Å². The molecule has 0 saturated heterocycles. The summed E-state index contributed by atoms with van der Waals surface area (Å²) in [4.78, 5) is 8.58. The Balaban J connectivity index is 2.03. The number of aromatic nitrogens is 2. The number of pyridine rings is 1. The standard InChI is InChI=1S/C14H12N2OS/c1-9-8-18-14(16-9)13(17)11-4-5-12-10(7-11)3-2-6-15-12/h2-8,13,17H,1H3. The van der Waals surface area contributed by atoms with Gasteiger partial charge in [-0.1, -0.05) is 12.1 Å². The lowest BCUT2D eigenvalue weighted by Crippen LogP contribution is -1.99. The van der Waals surface area contributed by atoms with Gasteiger partial charge in [0.25, 0.3) is 0 Å². The summed E-state index contributed by atoms with van der Waals surface area (Å²) in [6, 6.07) is 9.67. The van der Waals surface area contributed by atoms with Gasteiger partial charge in [-0.05, 0) is 30.7 Å². The molecule has 3 rings (SSSR count). The average molecular weight is 256 g/mol. The highest BCUT2D eigenvalue weighted by atomic mass is 32.1. The van der Waals surface area contributed by atoms with E-state index in [1.165, 1.54) is 11.3 Å². The van der Waals surface area contributed by atoms with Gasteiger partial charge in [0.05, 0.1) is 5.52 Å². The molecular formula is C14H12N2OS. The number of hydrogen-bond acceptors (Lipinski definition) is 4. The van der Waals surface area contributed by atoms with Gasteiger partial charge in [-0.25, -0.2) is 4.98 Å². The number of benzene rings is 1. The number of aryl methyl sites for hydroxylation is 1. The Morgan fingerprint density at radius 2 is 2.17 bits per heavy atom. The predicted molar refractivity (Wildman–Crippen MR) is 72.7 cm³/mol. The largest absolute Gasteiger partial charge is 0.381 e. The topological polar surface area (TPSA) is 46.0 Å². The summed E-state index contributed by atoms with van der Waals surface area (Å²) in [5, 5.41) is 14.0. The summed E-state index contributed by atoms with van der Waals surface area (Å²) in [6.45, 7) is 1.93. The highest BCUT2D eigenvalue weighted by Crippen LogP contribution is 2.26. The number of thiazole rings is 1. The first kappa shape index (κ1) is 11.3. The molecule has 4 heteroatoms. The predicted octanol–water partition coefficient (Wildman–Crippen LogP) is 3.08. The van der Waals surface area contributed by atoms with Crippen LogP contribution in [0.4, 0.5) is 0 Å². The van der Waals surface area contributed by atoms with Crippen molar-refractivity contribution < 1.29 is 5.11 Å². The number of nitrogens with zero attached hydrogens (tertiary/aromatic N) is 2. The zero-order valence-corrected chi connectivity index (χ0v) is 10.7. The fourth-order valence-electron chi connectivity index (χ4n) is 1.90. The average Bonchev–Trinajstić information content (AvgIpc) is 2.84. The first-order chi connectivity index (χ1) is 8.74. The number of hydrogen-bond donors (Lipinski definition) is 1. The molecule has 0 aliphatic carbocycles. The van der Waals surface area contributed by atoms with Crippen molar-refractivity contribution in [3.8, 4) is 0 Å². The summed E-state index contributed by atoms with van der Waals surface area (Å²) < 4.78 is 0. The van der Waals surface area contributed by atoms with Gasteiger partial charge in [0.2, 0.25) is 0 Å². The van der Waals surface area contributed by atoms with E-state index in [1.54, 1.807) is 6.20 Å². The van der Waals surface area contributed by atoms with Crippen LogP contribution < -0.4 is 0 Å². The number of rotatable bonds is 2. The van der Waals surface area contributed by atoms with Crippen LogP contribution in [0.3, 0.4) is 0 Å². The summed E-state index contributed by atoms with van der Waals surface area (Å²) in [6.07, 6.45) is 1.11. The quantitative estimate of drug-likeness (QED) is 0.766. The van der Waals surface area contributed by atoms with Gasteiger partial charge in [0.1, 0.15) is 11.1 Å². The van der Waals surface area contributed by atoms with Crippen LogP contribution in [0, 0.1) is 6.92 Å². The van der Waals surface area contributed by atoms with E-state index in [4.69, 9.17) is 0 Å². The summed E-state index contributed by atoms with van der Waals surface area (Å²) in [7, 11) is 0. The van der Waals surface area contributed by atoms with E-state index >= 15 is 0 Å². The molecule has 0 amide bonds. The number of aliphatic hydroxyl groups excluding tert-OH is 1. The molecule has 0 fully saturated rings. The Labute approximate surface area is 109 Å². The zero-order valence-electron chi connectivity index (χ0n) is 9.87. The number of fused-ring (bicyclic) bond motifs is 1. The van der Waals surface area contributed by atoms with Crippen LogP contribution in [-0.2, 0) is 0 Å². The van der Waals surface area contributed by atoms with Gasteiger partial charge >= 0.3 is 0 Å². The molecule has 3 aromatic rings. The minimum atomic E-state index is -0.659. The smallest absolute Gasteiger partial charge is 0.131 e. The third-order valence-corrected chi connectivity index (χ3v) is 3.83. The molecule has 18 heavy (non-hydrogen) atoms. The molecule has 2 heterocycles. The molecule has 1 aromatic carbocycles. The van der Waals surface area contributed by atoms with Crippen molar-refractivity contribution >= 4 is 22.2 Å². The van der Waals surface area contributed by atoms with Gasteiger partial charge in [-0.3, -0.25) is 4.98 Å². The SMILES string of the molecule is Cc1csc(C(O)c2ccc3ncccc3c2)n1. The monoisotopic (exact) mass is 256 g/mol. The van der Waals surface area contributed by atoms with Crippen molar-refractivity contribution in [2.24, 2.45) is 0 Å². The van der Waals surface area contributed by atoms with E-state index in [-0.39, 0.29) is 0 Å². The summed E-state index contributed by atoms with van der Waals surface area (Å²) in [5.41, 5.74) is 2.73. The van der Waals surface area contributed by atoms with Crippen LogP contribution in [0.5, 0.6) is 0 Å². The maximum Gasteiger partial charge on any atom is 0.131 e. The Morgan fingerprint density at radius 1 is 1.28 bits per heavy atom. The minimum absolute atomic E-state index is 0.659. The first-order valence-corrected chi connectivity index (χ1v) is 6.57. The van der Waals surface area contributed by atoms with Crippen molar-refractivity contribution in [1.82, 2.24) is 9.97 Å². The minimum Gasteiger partial charge on any atom is -0.381 e. The lowest BCUT2D eigenvalue weighted by atomic mass is 10.1. The van der Waals surface area contributed by atoms with Crippen molar-refractivity contribution in [1.29, 1.82) is 0 Å². The highest BCUT2D eigenvalue weighted by molar-refractivity contribution is 7.09. The van der Waals surface area contributed by atoms with Crippen molar-refractivity contribution in [3.63, 3.8) is 0 Å². The van der Waals surface area contributed by atoms with E-state index in [2.05, 4.69) is 9.97 Å². The van der Waals surface area contributed by atoms with E-state index in [1.807, 2.05) is 42.6 Å². The normalized spacial score (nSPS) is 12.8. The van der Waals surface area contributed by atoms with Crippen molar-refractivity contribution in [2.75, 3.05) is 0 Å². The fourth-order valence-corrected chi connectivity index (χ4v) is 2.71. The van der Waals surface area contributed by atoms with Crippen LogP contribution in [0.15, 0.2) is 41.9 Å². The second-order valence-corrected chi connectivity index (χ2v) is 5.07. The summed E-state index contributed by atoms with van der Waals surface area (Å²) >= 11 is 1.48. The second-order valence-electron chi connectivity index (χ2n) is 4.19. The summed E-state index contributed by atoms with van der Waals surface area (Å²) in [5.74, 6) is 0. The van der Waals surface area contributed by atoms with Gasteiger partial charge in [0.15, 0.2) is 0 Å². The molecule has 3 nitrogen and oxygen atoms in total. The van der Waals surface area contributed by atoms with Gasteiger partial charge in [-0.2, -0.15) is 0 Å². The van der Waals surface area contributed by atoms with Crippen LogP contribution >= 0.6 is 11.3 Å². The number of aliphatic hydroxyl groups is 1. The molecule has 1 N–H and O–H groups in total. The van der Waals surface area contributed by atoms with E-state index in [0.717, 1.165) is 27.2 Å². The molecule has 1 atom stereocenters. The molecule has 0 saturated carbocycles. The van der Waals surface area contributed by atoms with E-state index in [9.17, 15) is 5.11 Å². The highest BCUT2D eigenvalue weighted by Gasteiger charge is 2.14. The van der Waals surface area contributed by atoms with Gasteiger partial charge in [0, 0.05) is 22.7 Å². The molecule has 0 aliphatic rings. The van der Waals surface area contributed by atoms with Crippen LogP contribution in [0.1, 0.15) is 22.4 Å². The maximum absolute atomic E-state index is 10.3. The van der Waals surface area contributed by atoms with E-state index in [0.29, 0.717) is 0 Å². The van der Waals surface area contributed by atoms with Crippen molar-refractivity contribution in [3.05, 3.63) is 58.2 Å². The van der Waals surface area contributed by atoms with Crippen LogP contribution in [-0.4, -0.2) is 15.1 Å². The Morgan fingerprint density at radius 3 is 2.94 bits per heavy atom. The third-order valence-electron chi connectivity index (χ3n) is 2.81. The first-order valence-electron chi connectivity index (χ1n) is 5.69. The van der Waals surface area contributed by atoms with Crippen LogP contribution in [0.25, 0.3) is 10.9 Å². The molecule has 90 valence electrons. The molecule has 1 unspecified atom stereocenters. The second kappa shape index (κ2) is 4.48. The molecule has 0 aliphatic heterocycles. The molecule has 0 bridgehead atoms. The molecule has 0 spiro atoms. The fraction of sp³-hybridized carbons (Fsp3) is 0.143. The molecule has 2 aromatic heterocycles. The zero-order chi connectivity index (χ0) is 12.5. The van der Waals surface area contributed by atoms with Gasteiger partial charge < -0.3 is 5.11 Å². The maximum atomic E-state index is 10.3. The third kappa shape index (κ3) is 2.00. The molecule has 0 radical (unpaired) electrons. The van der Waals surface area contributed by atoms with Gasteiger partial charge in [-0.15, -0.1) is 11.3 Å². The Kier molecular flexibility index (Phi) is 2.81. The van der Waals surface area contributed by atoms with Crippen LogP contribution in [0.2, 0.25) is 0 Å². The Bertz CT molecular complexity index is 693. The lowest BCUT2D eigenvalue weighted by molar-refractivity contribution is 0.220. The lowest BCUT2D eigenvalue weighted by Gasteiger charge is -2.08. The Hall–Kier alpha value is -1.78. The molecular weight excluding hydrogens is 244 g/mol.